The first-order valence-electron chi connectivity index (χ1n) is 10.2. The number of nitrogens with zero attached hydrogens (tertiary/aromatic N) is 2. The van der Waals surface area contributed by atoms with E-state index in [4.69, 9.17) is 4.74 Å². The Labute approximate surface area is 167 Å². The highest BCUT2D eigenvalue weighted by Crippen LogP contribution is 2.48. The van der Waals surface area contributed by atoms with Gasteiger partial charge in [0.2, 0.25) is 0 Å². The number of carbonyl (C=O) groups is 1. The number of hydrogen-bond donors (Lipinski definition) is 0. The summed E-state index contributed by atoms with van der Waals surface area (Å²) in [6, 6.07) is 12.2. The van der Waals surface area contributed by atoms with E-state index >= 15 is 0 Å². The summed E-state index contributed by atoms with van der Waals surface area (Å²) in [5, 5.41) is 9.86. The first-order chi connectivity index (χ1) is 13.6. The monoisotopic (exact) mass is 376 g/mol. The van der Waals surface area contributed by atoms with Crippen molar-refractivity contribution in [2.45, 2.75) is 52.4 Å². The second kappa shape index (κ2) is 9.01. The maximum atomic E-state index is 12.9. The Morgan fingerprint density at radius 1 is 1.25 bits per heavy atom. The lowest BCUT2D eigenvalue weighted by Gasteiger charge is -2.20. The predicted molar refractivity (Wildman–Crippen MR) is 110 cm³/mol. The van der Waals surface area contributed by atoms with Gasteiger partial charge in [-0.05, 0) is 47.6 Å². The highest BCUT2D eigenvalue weighted by atomic mass is 16.5. The molecular weight excluding hydrogens is 348 g/mol. The van der Waals surface area contributed by atoms with Crippen LogP contribution in [0.15, 0.2) is 36.5 Å². The fraction of sp³-hybridized carbons (Fsp3) is 0.458. The standard InChI is InChI=1S/C24H28N2O2/c1-4-6-9-17(5-2)15-28-24(27)21(13-25)23-19-11-8-7-10-18(19)20-12-16(3)26-14-22(20)23/h7-8,10-12,14,17,21,23H,4-6,9,15H2,1-3H3. The molecule has 3 atom stereocenters. The molecule has 2 aromatic rings. The smallest absolute Gasteiger partial charge is 0.324 e. The number of carbonyl (C=O) groups excluding carboxylic acids is 1. The molecule has 0 saturated heterocycles. The fourth-order valence-corrected chi connectivity index (χ4v) is 4.04. The van der Waals surface area contributed by atoms with Gasteiger partial charge in [-0.2, -0.15) is 5.26 Å². The molecule has 1 aliphatic rings. The van der Waals surface area contributed by atoms with Crippen LogP contribution in [0.2, 0.25) is 0 Å². The Morgan fingerprint density at radius 2 is 2.04 bits per heavy atom. The van der Waals surface area contributed by atoms with Gasteiger partial charge < -0.3 is 4.74 Å². The molecule has 146 valence electrons. The molecule has 4 heteroatoms. The molecule has 0 saturated carbocycles. The quantitative estimate of drug-likeness (QED) is 0.579. The van der Waals surface area contributed by atoms with E-state index < -0.39 is 11.9 Å². The van der Waals surface area contributed by atoms with Gasteiger partial charge in [-0.3, -0.25) is 9.78 Å². The Balaban J connectivity index is 1.85. The van der Waals surface area contributed by atoms with Gasteiger partial charge in [-0.15, -0.1) is 0 Å². The minimum atomic E-state index is -0.865. The number of fused-ring (bicyclic) bond motifs is 3. The normalized spacial score (nSPS) is 16.6. The summed E-state index contributed by atoms with van der Waals surface area (Å²) in [6.07, 6.45) is 6.10. The van der Waals surface area contributed by atoms with Crippen LogP contribution >= 0.6 is 0 Å². The van der Waals surface area contributed by atoms with Crippen LogP contribution in [0.5, 0.6) is 0 Å². The number of esters is 1. The van der Waals surface area contributed by atoms with E-state index in [1.165, 1.54) is 0 Å². The summed E-state index contributed by atoms with van der Waals surface area (Å²) in [6.45, 7) is 6.62. The molecule has 0 bridgehead atoms. The SMILES string of the molecule is CCCCC(CC)COC(=O)C(C#N)C1c2ccccc2-c2cc(C)ncc21. The number of ether oxygens (including phenoxy) is 1. The first kappa shape index (κ1) is 20.1. The molecule has 28 heavy (non-hydrogen) atoms. The second-order valence-electron chi connectivity index (χ2n) is 7.63. The number of aryl methyl sites for hydroxylation is 1. The van der Waals surface area contributed by atoms with E-state index in [9.17, 15) is 10.1 Å². The van der Waals surface area contributed by atoms with Crippen LogP contribution in [0.1, 0.15) is 62.3 Å². The van der Waals surface area contributed by atoms with Crippen LogP contribution in [0.3, 0.4) is 0 Å². The van der Waals surface area contributed by atoms with Crippen molar-refractivity contribution in [1.29, 1.82) is 5.26 Å². The molecule has 3 unspecified atom stereocenters. The molecule has 1 heterocycles. The van der Waals surface area contributed by atoms with Gasteiger partial charge in [0, 0.05) is 17.8 Å². The highest BCUT2D eigenvalue weighted by Gasteiger charge is 2.39. The minimum absolute atomic E-state index is 0.326. The molecule has 0 N–H and O–H groups in total. The third kappa shape index (κ3) is 3.94. The highest BCUT2D eigenvalue weighted by molar-refractivity contribution is 5.85. The molecule has 1 aromatic heterocycles. The van der Waals surface area contributed by atoms with Gasteiger partial charge in [-0.1, -0.05) is 57.4 Å². The number of benzene rings is 1. The zero-order valence-electron chi connectivity index (χ0n) is 16.9. The number of rotatable bonds is 8. The van der Waals surface area contributed by atoms with Crippen LogP contribution in [-0.2, 0) is 9.53 Å². The molecule has 0 radical (unpaired) electrons. The number of unbranched alkanes of at least 4 members (excludes halogenated alkanes) is 1. The Morgan fingerprint density at radius 3 is 2.75 bits per heavy atom. The van der Waals surface area contributed by atoms with Crippen LogP contribution in [0.25, 0.3) is 11.1 Å². The molecule has 3 rings (SSSR count). The van der Waals surface area contributed by atoms with Crippen molar-refractivity contribution >= 4 is 5.97 Å². The van der Waals surface area contributed by atoms with Crippen LogP contribution < -0.4 is 0 Å². The van der Waals surface area contributed by atoms with Gasteiger partial charge in [-0.25, -0.2) is 0 Å². The molecule has 1 aliphatic carbocycles. The molecule has 0 aliphatic heterocycles. The summed E-state index contributed by atoms with van der Waals surface area (Å²) in [7, 11) is 0. The number of hydrogen-bond acceptors (Lipinski definition) is 4. The van der Waals surface area contributed by atoms with E-state index in [0.29, 0.717) is 12.5 Å². The zero-order chi connectivity index (χ0) is 20.1. The van der Waals surface area contributed by atoms with E-state index in [2.05, 4.69) is 24.9 Å². The van der Waals surface area contributed by atoms with E-state index in [1.807, 2.05) is 43.5 Å². The molecule has 0 amide bonds. The van der Waals surface area contributed by atoms with Crippen molar-refractivity contribution in [3.05, 3.63) is 53.3 Å². The van der Waals surface area contributed by atoms with E-state index in [1.54, 1.807) is 0 Å². The average molecular weight is 377 g/mol. The van der Waals surface area contributed by atoms with Crippen molar-refractivity contribution in [2.75, 3.05) is 6.61 Å². The van der Waals surface area contributed by atoms with Gasteiger partial charge in [0.25, 0.3) is 0 Å². The molecule has 1 aromatic carbocycles. The Kier molecular flexibility index (Phi) is 6.46. The van der Waals surface area contributed by atoms with Crippen molar-refractivity contribution in [2.24, 2.45) is 11.8 Å². The van der Waals surface area contributed by atoms with Crippen molar-refractivity contribution in [3.63, 3.8) is 0 Å². The van der Waals surface area contributed by atoms with Crippen molar-refractivity contribution < 1.29 is 9.53 Å². The number of pyridine rings is 1. The lowest BCUT2D eigenvalue weighted by atomic mass is 9.85. The number of nitriles is 1. The van der Waals surface area contributed by atoms with Gasteiger partial charge in [0.05, 0.1) is 12.7 Å². The summed E-state index contributed by atoms with van der Waals surface area (Å²) >= 11 is 0. The largest absolute Gasteiger partial charge is 0.464 e. The summed E-state index contributed by atoms with van der Waals surface area (Å²) in [4.78, 5) is 17.3. The second-order valence-corrected chi connectivity index (χ2v) is 7.63. The van der Waals surface area contributed by atoms with Crippen LogP contribution in [0.4, 0.5) is 0 Å². The maximum Gasteiger partial charge on any atom is 0.324 e. The summed E-state index contributed by atoms with van der Waals surface area (Å²) < 4.78 is 5.63. The van der Waals surface area contributed by atoms with Crippen LogP contribution in [-0.4, -0.2) is 17.6 Å². The number of aromatic nitrogens is 1. The Hall–Kier alpha value is -2.67. The van der Waals surface area contributed by atoms with Crippen molar-refractivity contribution in [1.82, 2.24) is 4.98 Å². The fourth-order valence-electron chi connectivity index (χ4n) is 4.04. The maximum absolute atomic E-state index is 12.9. The average Bonchev–Trinajstić information content (AvgIpc) is 3.03. The zero-order valence-corrected chi connectivity index (χ0v) is 16.9. The predicted octanol–water partition coefficient (Wildman–Crippen LogP) is 5.40. The molecule has 0 fully saturated rings. The first-order valence-corrected chi connectivity index (χ1v) is 10.2. The lowest BCUT2D eigenvalue weighted by Crippen LogP contribution is -2.25. The van der Waals surface area contributed by atoms with Crippen molar-refractivity contribution in [3.8, 4) is 17.2 Å². The topological polar surface area (TPSA) is 63.0 Å². The van der Waals surface area contributed by atoms with Crippen LogP contribution in [0, 0.1) is 30.1 Å². The van der Waals surface area contributed by atoms with Gasteiger partial charge >= 0.3 is 5.97 Å². The third-order valence-electron chi connectivity index (χ3n) is 5.72. The molecule has 4 nitrogen and oxygen atoms in total. The third-order valence-corrected chi connectivity index (χ3v) is 5.72. The summed E-state index contributed by atoms with van der Waals surface area (Å²) in [5.74, 6) is -1.26. The van der Waals surface area contributed by atoms with Gasteiger partial charge in [0.15, 0.2) is 5.92 Å². The summed E-state index contributed by atoms with van der Waals surface area (Å²) in [5.41, 5.74) is 5.01. The van der Waals surface area contributed by atoms with Gasteiger partial charge in [0.1, 0.15) is 0 Å². The minimum Gasteiger partial charge on any atom is -0.464 e. The molecular formula is C24H28N2O2. The Bertz CT molecular complexity index is 884. The van der Waals surface area contributed by atoms with E-state index in [0.717, 1.165) is 53.6 Å². The molecule has 0 spiro atoms. The van der Waals surface area contributed by atoms with E-state index in [-0.39, 0.29) is 5.92 Å². The lowest BCUT2D eigenvalue weighted by molar-refractivity contribution is -0.148.